The van der Waals surface area contributed by atoms with E-state index in [-0.39, 0.29) is 24.3 Å². The van der Waals surface area contributed by atoms with Gasteiger partial charge in [-0.05, 0) is 46.7 Å². The summed E-state index contributed by atoms with van der Waals surface area (Å²) in [5.41, 5.74) is 6.38. The number of rotatable bonds is 5. The summed E-state index contributed by atoms with van der Waals surface area (Å²) in [6.45, 7) is 3.64. The highest BCUT2D eigenvalue weighted by Gasteiger charge is 2.17. The molecule has 2 amide bonds. The Hall–Kier alpha value is -1.15. The lowest BCUT2D eigenvalue weighted by molar-refractivity contribution is -0.125. The Morgan fingerprint density at radius 3 is 2.63 bits per heavy atom. The molecule has 4 N–H and O–H groups in total. The standard InChI is InChI=1S/C13H18IN3O2/c1-8(2)12(15)13(19)16-7-11(18)17-10-5-3-4-9(14)6-10/h3-6,8,12H,7,15H2,1-2H3,(H,16,19)(H,17,18)/t12-/m0/s1. The number of nitrogens with two attached hydrogens (primary N) is 1. The number of hydrogen-bond donors (Lipinski definition) is 3. The summed E-state index contributed by atoms with van der Waals surface area (Å²) in [6.07, 6.45) is 0. The van der Waals surface area contributed by atoms with Gasteiger partial charge in [-0.1, -0.05) is 19.9 Å². The second-order valence-corrected chi connectivity index (χ2v) is 5.79. The van der Waals surface area contributed by atoms with Gasteiger partial charge in [0.05, 0.1) is 12.6 Å². The van der Waals surface area contributed by atoms with Crippen LogP contribution in [-0.2, 0) is 9.59 Å². The lowest BCUT2D eigenvalue weighted by Crippen LogP contribution is -2.46. The molecule has 1 aromatic rings. The van der Waals surface area contributed by atoms with Crippen molar-refractivity contribution < 1.29 is 9.59 Å². The van der Waals surface area contributed by atoms with E-state index in [1.165, 1.54) is 0 Å². The molecule has 5 nitrogen and oxygen atoms in total. The minimum Gasteiger partial charge on any atom is -0.346 e. The summed E-state index contributed by atoms with van der Waals surface area (Å²) in [5.74, 6) is -0.544. The Bertz CT molecular complexity index is 463. The van der Waals surface area contributed by atoms with Crippen LogP contribution in [0.25, 0.3) is 0 Å². The fourth-order valence-electron chi connectivity index (χ4n) is 1.36. The van der Waals surface area contributed by atoms with Gasteiger partial charge in [-0.15, -0.1) is 0 Å². The fraction of sp³-hybridized carbons (Fsp3) is 0.385. The molecule has 1 atom stereocenters. The normalized spacial score (nSPS) is 12.1. The van der Waals surface area contributed by atoms with Gasteiger partial charge in [-0.3, -0.25) is 9.59 Å². The van der Waals surface area contributed by atoms with E-state index < -0.39 is 6.04 Å². The third-order valence-electron chi connectivity index (χ3n) is 2.55. The van der Waals surface area contributed by atoms with E-state index in [4.69, 9.17) is 5.73 Å². The molecule has 0 unspecified atom stereocenters. The number of carbonyl (C=O) groups is 2. The van der Waals surface area contributed by atoms with E-state index in [9.17, 15) is 9.59 Å². The smallest absolute Gasteiger partial charge is 0.243 e. The van der Waals surface area contributed by atoms with Gasteiger partial charge >= 0.3 is 0 Å². The highest BCUT2D eigenvalue weighted by atomic mass is 127. The van der Waals surface area contributed by atoms with Crippen LogP contribution in [0.5, 0.6) is 0 Å². The third-order valence-corrected chi connectivity index (χ3v) is 3.22. The summed E-state index contributed by atoms with van der Waals surface area (Å²) in [7, 11) is 0. The fourth-order valence-corrected chi connectivity index (χ4v) is 1.90. The zero-order valence-electron chi connectivity index (χ0n) is 10.9. The Kier molecular flexibility index (Phi) is 6.23. The molecule has 0 aromatic heterocycles. The molecule has 0 aliphatic rings. The number of hydrogen-bond acceptors (Lipinski definition) is 3. The van der Waals surface area contributed by atoms with Gasteiger partial charge in [-0.25, -0.2) is 0 Å². The molecule has 0 heterocycles. The number of anilines is 1. The molecule has 0 saturated heterocycles. The number of halogens is 1. The van der Waals surface area contributed by atoms with Crippen LogP contribution in [0.3, 0.4) is 0 Å². The maximum atomic E-state index is 11.7. The summed E-state index contributed by atoms with van der Waals surface area (Å²) >= 11 is 2.16. The van der Waals surface area contributed by atoms with Gasteiger partial charge < -0.3 is 16.4 Å². The first-order valence-corrected chi connectivity index (χ1v) is 7.06. The molecular weight excluding hydrogens is 357 g/mol. The number of benzene rings is 1. The molecule has 0 aliphatic carbocycles. The summed E-state index contributed by atoms with van der Waals surface area (Å²) in [6, 6.07) is 6.83. The first-order chi connectivity index (χ1) is 8.90. The minimum absolute atomic E-state index is 0.0405. The van der Waals surface area contributed by atoms with Crippen molar-refractivity contribution >= 4 is 40.1 Å². The summed E-state index contributed by atoms with van der Waals surface area (Å²) in [4.78, 5) is 23.2. The number of nitrogens with one attached hydrogen (secondary N) is 2. The van der Waals surface area contributed by atoms with Crippen LogP contribution in [-0.4, -0.2) is 24.4 Å². The van der Waals surface area contributed by atoms with Crippen molar-refractivity contribution in [2.24, 2.45) is 11.7 Å². The predicted octanol–water partition coefficient (Wildman–Crippen LogP) is 1.33. The van der Waals surface area contributed by atoms with Crippen LogP contribution in [0.4, 0.5) is 5.69 Å². The van der Waals surface area contributed by atoms with Gasteiger partial charge in [0.1, 0.15) is 0 Å². The molecule has 1 rings (SSSR count). The molecule has 0 aliphatic heterocycles. The lowest BCUT2D eigenvalue weighted by atomic mass is 10.1. The first kappa shape index (κ1) is 15.9. The van der Waals surface area contributed by atoms with Gasteiger partial charge in [0, 0.05) is 9.26 Å². The molecule has 0 bridgehead atoms. The van der Waals surface area contributed by atoms with Crippen LogP contribution >= 0.6 is 22.6 Å². The van der Waals surface area contributed by atoms with E-state index >= 15 is 0 Å². The van der Waals surface area contributed by atoms with Crippen molar-refractivity contribution in [2.45, 2.75) is 19.9 Å². The maximum Gasteiger partial charge on any atom is 0.243 e. The van der Waals surface area contributed by atoms with Crippen molar-refractivity contribution in [3.8, 4) is 0 Å². The summed E-state index contributed by atoms with van der Waals surface area (Å²) < 4.78 is 1.03. The quantitative estimate of drug-likeness (QED) is 0.679. The Balaban J connectivity index is 2.42. The van der Waals surface area contributed by atoms with Crippen LogP contribution in [0, 0.1) is 9.49 Å². The largest absolute Gasteiger partial charge is 0.346 e. The average molecular weight is 375 g/mol. The Labute approximate surface area is 126 Å². The molecule has 104 valence electrons. The van der Waals surface area contributed by atoms with Crippen molar-refractivity contribution in [1.29, 1.82) is 0 Å². The third kappa shape index (κ3) is 5.56. The molecule has 0 spiro atoms. The van der Waals surface area contributed by atoms with Crippen molar-refractivity contribution in [1.82, 2.24) is 5.32 Å². The highest BCUT2D eigenvalue weighted by Crippen LogP contribution is 2.11. The van der Waals surface area contributed by atoms with Crippen LogP contribution in [0.1, 0.15) is 13.8 Å². The van der Waals surface area contributed by atoms with E-state index in [1.807, 2.05) is 32.0 Å². The predicted molar refractivity (Wildman–Crippen MR) is 83.6 cm³/mol. The van der Waals surface area contributed by atoms with Crippen LogP contribution < -0.4 is 16.4 Å². The molecular formula is C13H18IN3O2. The molecule has 0 fully saturated rings. The maximum absolute atomic E-state index is 11.7. The van der Waals surface area contributed by atoms with E-state index in [0.717, 1.165) is 3.57 Å². The number of amides is 2. The highest BCUT2D eigenvalue weighted by molar-refractivity contribution is 14.1. The molecule has 6 heteroatoms. The van der Waals surface area contributed by atoms with Crippen molar-refractivity contribution in [2.75, 3.05) is 11.9 Å². The first-order valence-electron chi connectivity index (χ1n) is 5.99. The topological polar surface area (TPSA) is 84.2 Å². The number of carbonyl (C=O) groups excluding carboxylic acids is 2. The zero-order valence-corrected chi connectivity index (χ0v) is 13.1. The van der Waals surface area contributed by atoms with Crippen molar-refractivity contribution in [3.63, 3.8) is 0 Å². The monoisotopic (exact) mass is 375 g/mol. The Morgan fingerprint density at radius 2 is 2.05 bits per heavy atom. The molecule has 0 radical (unpaired) electrons. The van der Waals surface area contributed by atoms with E-state index in [2.05, 4.69) is 33.2 Å². The van der Waals surface area contributed by atoms with Gasteiger partial charge in [-0.2, -0.15) is 0 Å². The lowest BCUT2D eigenvalue weighted by Gasteiger charge is -2.15. The second-order valence-electron chi connectivity index (χ2n) is 4.55. The van der Waals surface area contributed by atoms with E-state index in [0.29, 0.717) is 5.69 Å². The summed E-state index contributed by atoms with van der Waals surface area (Å²) in [5, 5.41) is 5.23. The van der Waals surface area contributed by atoms with Gasteiger partial charge in [0.25, 0.3) is 0 Å². The minimum atomic E-state index is -0.592. The van der Waals surface area contributed by atoms with Gasteiger partial charge in [0.2, 0.25) is 11.8 Å². The zero-order chi connectivity index (χ0) is 14.4. The molecule has 0 saturated carbocycles. The molecule has 19 heavy (non-hydrogen) atoms. The second kappa shape index (κ2) is 7.44. The average Bonchev–Trinajstić information content (AvgIpc) is 2.34. The Morgan fingerprint density at radius 1 is 1.37 bits per heavy atom. The van der Waals surface area contributed by atoms with Crippen molar-refractivity contribution in [3.05, 3.63) is 27.8 Å². The van der Waals surface area contributed by atoms with Crippen LogP contribution in [0.15, 0.2) is 24.3 Å². The van der Waals surface area contributed by atoms with Gasteiger partial charge in [0.15, 0.2) is 0 Å². The van der Waals surface area contributed by atoms with E-state index in [1.54, 1.807) is 6.07 Å². The molecule has 1 aromatic carbocycles. The SMILES string of the molecule is CC(C)[C@H](N)C(=O)NCC(=O)Nc1cccc(I)c1. The van der Waals surface area contributed by atoms with Crippen LogP contribution in [0.2, 0.25) is 0 Å².